The maximum absolute atomic E-state index is 3.62. The zero-order valence-corrected chi connectivity index (χ0v) is 12.0. The Balaban J connectivity index is 1.91. The van der Waals surface area contributed by atoms with E-state index in [1.807, 2.05) is 0 Å². The Labute approximate surface area is 111 Å². The van der Waals surface area contributed by atoms with Crippen LogP contribution < -0.4 is 5.32 Å². The highest BCUT2D eigenvalue weighted by atomic mass is 15.2. The predicted octanol–water partition coefficient (Wildman–Crippen LogP) is 2.61. The first-order chi connectivity index (χ1) is 8.57. The number of hydrogen-bond acceptors (Lipinski definition) is 2. The molecule has 1 aromatic carbocycles. The topological polar surface area (TPSA) is 15.3 Å². The van der Waals surface area contributed by atoms with Crippen molar-refractivity contribution in [3.8, 4) is 0 Å². The Morgan fingerprint density at radius 1 is 1.28 bits per heavy atom. The summed E-state index contributed by atoms with van der Waals surface area (Å²) in [6.45, 7) is 11.5. The van der Waals surface area contributed by atoms with Gasteiger partial charge in [0, 0.05) is 18.6 Å². The number of nitrogens with one attached hydrogen (secondary N) is 1. The molecule has 2 rings (SSSR count). The van der Waals surface area contributed by atoms with Crippen molar-refractivity contribution in [1.29, 1.82) is 0 Å². The highest BCUT2D eigenvalue weighted by Crippen LogP contribution is 2.13. The van der Waals surface area contributed by atoms with Crippen molar-refractivity contribution in [2.45, 2.75) is 39.2 Å². The molecule has 0 aliphatic carbocycles. The summed E-state index contributed by atoms with van der Waals surface area (Å²) in [5.41, 5.74) is 3.17. The number of nitrogens with zero attached hydrogens (tertiary/aromatic N) is 1. The smallest absolute Gasteiger partial charge is 0.0252 e. The molecule has 0 radical (unpaired) electrons. The van der Waals surface area contributed by atoms with Gasteiger partial charge in [0.25, 0.3) is 0 Å². The van der Waals surface area contributed by atoms with Gasteiger partial charge in [0.05, 0.1) is 0 Å². The van der Waals surface area contributed by atoms with Gasteiger partial charge in [-0.15, -0.1) is 0 Å². The third kappa shape index (κ3) is 3.82. The lowest BCUT2D eigenvalue weighted by Crippen LogP contribution is -2.46. The Morgan fingerprint density at radius 2 is 2.06 bits per heavy atom. The standard InChI is InChI=1S/C16H26N2/c1-14-7-4-5-8-15(14)9-12-18-11-6-10-17-16(2,3)13-18/h4-5,7-8,17H,6,9-13H2,1-3H3. The summed E-state index contributed by atoms with van der Waals surface area (Å²) < 4.78 is 0. The minimum absolute atomic E-state index is 0.252. The third-order valence-corrected chi connectivity index (χ3v) is 3.83. The van der Waals surface area contributed by atoms with Crippen molar-refractivity contribution in [2.24, 2.45) is 0 Å². The van der Waals surface area contributed by atoms with Crippen LogP contribution in [0.1, 0.15) is 31.4 Å². The van der Waals surface area contributed by atoms with Crippen molar-refractivity contribution in [1.82, 2.24) is 10.2 Å². The second-order valence-electron chi connectivity index (χ2n) is 6.12. The molecule has 18 heavy (non-hydrogen) atoms. The van der Waals surface area contributed by atoms with E-state index in [0.717, 1.165) is 13.1 Å². The van der Waals surface area contributed by atoms with Crippen LogP contribution in [0.3, 0.4) is 0 Å². The Morgan fingerprint density at radius 3 is 2.83 bits per heavy atom. The zero-order chi connectivity index (χ0) is 13.0. The van der Waals surface area contributed by atoms with Crippen molar-refractivity contribution in [3.05, 3.63) is 35.4 Å². The van der Waals surface area contributed by atoms with E-state index in [9.17, 15) is 0 Å². The van der Waals surface area contributed by atoms with Crippen LogP contribution in [0.25, 0.3) is 0 Å². The van der Waals surface area contributed by atoms with E-state index in [1.54, 1.807) is 0 Å². The van der Waals surface area contributed by atoms with Crippen molar-refractivity contribution >= 4 is 0 Å². The molecule has 0 amide bonds. The molecule has 2 nitrogen and oxygen atoms in total. The van der Waals surface area contributed by atoms with Crippen molar-refractivity contribution in [3.63, 3.8) is 0 Å². The van der Waals surface area contributed by atoms with Gasteiger partial charge in [-0.05, 0) is 57.8 Å². The van der Waals surface area contributed by atoms with Crippen LogP contribution in [0.4, 0.5) is 0 Å². The molecule has 0 spiro atoms. The summed E-state index contributed by atoms with van der Waals surface area (Å²) in [6.07, 6.45) is 2.43. The number of benzene rings is 1. The van der Waals surface area contributed by atoms with Gasteiger partial charge in [0.15, 0.2) is 0 Å². The van der Waals surface area contributed by atoms with Gasteiger partial charge in [-0.1, -0.05) is 24.3 Å². The molecular formula is C16H26N2. The average molecular weight is 246 g/mol. The lowest BCUT2D eigenvalue weighted by atomic mass is 10.0. The van der Waals surface area contributed by atoms with E-state index < -0.39 is 0 Å². The van der Waals surface area contributed by atoms with E-state index in [2.05, 4.69) is 55.3 Å². The monoisotopic (exact) mass is 246 g/mol. The second kappa shape index (κ2) is 5.85. The molecule has 0 aromatic heterocycles. The molecule has 1 saturated heterocycles. The van der Waals surface area contributed by atoms with Gasteiger partial charge < -0.3 is 10.2 Å². The summed E-state index contributed by atoms with van der Waals surface area (Å²) in [7, 11) is 0. The van der Waals surface area contributed by atoms with Crippen LogP contribution in [0, 0.1) is 6.92 Å². The average Bonchev–Trinajstić information content (AvgIpc) is 2.49. The fourth-order valence-corrected chi connectivity index (χ4v) is 2.78. The van der Waals surface area contributed by atoms with Crippen LogP contribution in [0.5, 0.6) is 0 Å². The fraction of sp³-hybridized carbons (Fsp3) is 0.625. The Hall–Kier alpha value is -0.860. The molecule has 1 heterocycles. The Kier molecular flexibility index (Phi) is 4.41. The fourth-order valence-electron chi connectivity index (χ4n) is 2.78. The minimum atomic E-state index is 0.252. The lowest BCUT2D eigenvalue weighted by molar-refractivity contribution is 0.233. The van der Waals surface area contributed by atoms with E-state index in [1.165, 1.54) is 37.1 Å². The molecule has 0 atom stereocenters. The van der Waals surface area contributed by atoms with Gasteiger partial charge in [-0.2, -0.15) is 0 Å². The summed E-state index contributed by atoms with van der Waals surface area (Å²) in [6, 6.07) is 8.74. The van der Waals surface area contributed by atoms with Crippen molar-refractivity contribution in [2.75, 3.05) is 26.2 Å². The first-order valence-corrected chi connectivity index (χ1v) is 7.09. The molecule has 1 aromatic rings. The number of rotatable bonds is 3. The number of aryl methyl sites for hydroxylation is 1. The van der Waals surface area contributed by atoms with Crippen LogP contribution in [-0.4, -0.2) is 36.6 Å². The van der Waals surface area contributed by atoms with Crippen LogP contribution in [0.2, 0.25) is 0 Å². The highest BCUT2D eigenvalue weighted by Gasteiger charge is 2.23. The molecule has 1 N–H and O–H groups in total. The molecule has 0 bridgehead atoms. The maximum atomic E-state index is 3.62. The van der Waals surface area contributed by atoms with Gasteiger partial charge in [0.1, 0.15) is 0 Å². The van der Waals surface area contributed by atoms with E-state index in [-0.39, 0.29) is 5.54 Å². The van der Waals surface area contributed by atoms with Crippen LogP contribution >= 0.6 is 0 Å². The predicted molar refractivity (Wildman–Crippen MR) is 78.0 cm³/mol. The maximum Gasteiger partial charge on any atom is 0.0252 e. The molecular weight excluding hydrogens is 220 g/mol. The van der Waals surface area contributed by atoms with Crippen LogP contribution in [-0.2, 0) is 6.42 Å². The molecule has 0 unspecified atom stereocenters. The summed E-state index contributed by atoms with van der Waals surface area (Å²) in [4.78, 5) is 2.60. The SMILES string of the molecule is Cc1ccccc1CCN1CCCNC(C)(C)C1. The normalized spacial score (nSPS) is 20.6. The van der Waals surface area contributed by atoms with E-state index in [4.69, 9.17) is 0 Å². The summed E-state index contributed by atoms with van der Waals surface area (Å²) >= 11 is 0. The molecule has 1 aliphatic rings. The first kappa shape index (κ1) is 13.6. The second-order valence-corrected chi connectivity index (χ2v) is 6.12. The quantitative estimate of drug-likeness (QED) is 0.882. The summed E-state index contributed by atoms with van der Waals surface area (Å²) in [5, 5.41) is 3.62. The molecule has 1 fully saturated rings. The third-order valence-electron chi connectivity index (χ3n) is 3.83. The van der Waals surface area contributed by atoms with Gasteiger partial charge in [-0.3, -0.25) is 0 Å². The van der Waals surface area contributed by atoms with Gasteiger partial charge in [0.2, 0.25) is 0 Å². The minimum Gasteiger partial charge on any atom is -0.310 e. The van der Waals surface area contributed by atoms with Gasteiger partial charge in [-0.25, -0.2) is 0 Å². The summed E-state index contributed by atoms with van der Waals surface area (Å²) in [5.74, 6) is 0. The van der Waals surface area contributed by atoms with E-state index >= 15 is 0 Å². The molecule has 0 saturated carbocycles. The molecule has 1 aliphatic heterocycles. The molecule has 2 heteroatoms. The van der Waals surface area contributed by atoms with Gasteiger partial charge >= 0.3 is 0 Å². The lowest BCUT2D eigenvalue weighted by Gasteiger charge is -2.30. The molecule has 100 valence electrons. The van der Waals surface area contributed by atoms with Crippen LogP contribution in [0.15, 0.2) is 24.3 Å². The largest absolute Gasteiger partial charge is 0.310 e. The zero-order valence-electron chi connectivity index (χ0n) is 12.0. The first-order valence-electron chi connectivity index (χ1n) is 7.09. The van der Waals surface area contributed by atoms with Crippen molar-refractivity contribution < 1.29 is 0 Å². The number of hydrogen-bond donors (Lipinski definition) is 1. The van der Waals surface area contributed by atoms with E-state index in [0.29, 0.717) is 0 Å². The Bertz CT molecular complexity index is 384. The highest BCUT2D eigenvalue weighted by molar-refractivity contribution is 5.25.